The lowest BCUT2D eigenvalue weighted by Crippen LogP contribution is -2.25. The highest BCUT2D eigenvalue weighted by Gasteiger charge is 2.18. The van der Waals surface area contributed by atoms with Crippen molar-refractivity contribution in [2.75, 3.05) is 18.0 Å². The maximum atomic E-state index is 12.8. The zero-order chi connectivity index (χ0) is 19.9. The van der Waals surface area contributed by atoms with E-state index in [9.17, 15) is 4.79 Å². The van der Waals surface area contributed by atoms with E-state index in [0.29, 0.717) is 13.0 Å². The summed E-state index contributed by atoms with van der Waals surface area (Å²) in [5, 5.41) is 3.10. The first-order valence-electron chi connectivity index (χ1n) is 10.4. The lowest BCUT2D eigenvalue weighted by molar-refractivity contribution is -0.121. The van der Waals surface area contributed by atoms with Gasteiger partial charge in [-0.05, 0) is 41.7 Å². The Kier molecular flexibility index (Phi) is 6.20. The van der Waals surface area contributed by atoms with Gasteiger partial charge in [-0.25, -0.2) is 4.98 Å². The van der Waals surface area contributed by atoms with E-state index >= 15 is 0 Å². The minimum Gasteiger partial charge on any atom is -0.357 e. The van der Waals surface area contributed by atoms with Crippen LogP contribution in [0.1, 0.15) is 41.9 Å². The molecule has 4 rings (SSSR count). The van der Waals surface area contributed by atoms with Crippen molar-refractivity contribution in [1.82, 2.24) is 10.3 Å². The first-order valence-corrected chi connectivity index (χ1v) is 10.4. The molecule has 0 radical (unpaired) electrons. The number of nitrogens with zero attached hydrogens (tertiary/aromatic N) is 2. The van der Waals surface area contributed by atoms with Gasteiger partial charge in [-0.3, -0.25) is 4.79 Å². The van der Waals surface area contributed by atoms with Gasteiger partial charge in [-0.1, -0.05) is 60.7 Å². The molecule has 0 unspecified atom stereocenters. The fourth-order valence-electron chi connectivity index (χ4n) is 3.95. The molecular weight excluding hydrogens is 358 g/mol. The van der Waals surface area contributed by atoms with Crippen LogP contribution in [0, 0.1) is 0 Å². The molecule has 1 N–H and O–H groups in total. The fourth-order valence-corrected chi connectivity index (χ4v) is 3.95. The monoisotopic (exact) mass is 385 g/mol. The number of hydrogen-bond donors (Lipinski definition) is 1. The normalized spacial score (nSPS) is 13.6. The largest absolute Gasteiger partial charge is 0.357 e. The second-order valence-electron chi connectivity index (χ2n) is 7.57. The van der Waals surface area contributed by atoms with Gasteiger partial charge in [0, 0.05) is 38.2 Å². The van der Waals surface area contributed by atoms with Crippen LogP contribution in [0.3, 0.4) is 0 Å². The molecule has 1 aliphatic heterocycles. The number of benzene rings is 2. The Morgan fingerprint density at radius 1 is 0.931 bits per heavy atom. The Balaban J connectivity index is 1.42. The molecule has 148 valence electrons. The zero-order valence-electron chi connectivity index (χ0n) is 16.6. The van der Waals surface area contributed by atoms with Gasteiger partial charge in [0.15, 0.2) is 0 Å². The third-order valence-electron chi connectivity index (χ3n) is 5.52. The maximum absolute atomic E-state index is 12.8. The summed E-state index contributed by atoms with van der Waals surface area (Å²) in [4.78, 5) is 19.6. The van der Waals surface area contributed by atoms with E-state index in [4.69, 9.17) is 0 Å². The predicted octanol–water partition coefficient (Wildman–Crippen LogP) is 4.52. The number of hydrogen-bond acceptors (Lipinski definition) is 3. The van der Waals surface area contributed by atoms with Crippen LogP contribution in [0.2, 0.25) is 0 Å². The molecule has 0 aliphatic carbocycles. The first kappa shape index (κ1) is 19.2. The quantitative estimate of drug-likeness (QED) is 0.650. The Bertz CT molecular complexity index is 882. The van der Waals surface area contributed by atoms with Crippen LogP contribution < -0.4 is 10.2 Å². The molecule has 0 atom stereocenters. The van der Waals surface area contributed by atoms with E-state index < -0.39 is 0 Å². The van der Waals surface area contributed by atoms with Crippen LogP contribution in [0.25, 0.3) is 0 Å². The number of rotatable bonds is 7. The van der Waals surface area contributed by atoms with E-state index in [0.717, 1.165) is 35.6 Å². The minimum atomic E-state index is 0.0509. The fraction of sp³-hybridized carbons (Fsp3) is 0.280. The van der Waals surface area contributed by atoms with Gasteiger partial charge >= 0.3 is 0 Å². The van der Waals surface area contributed by atoms with Crippen molar-refractivity contribution >= 4 is 11.7 Å². The van der Waals surface area contributed by atoms with Crippen molar-refractivity contribution in [2.24, 2.45) is 0 Å². The Morgan fingerprint density at radius 2 is 1.55 bits per heavy atom. The number of amides is 1. The number of pyridine rings is 1. The third-order valence-corrected chi connectivity index (χ3v) is 5.52. The van der Waals surface area contributed by atoms with Crippen molar-refractivity contribution in [3.63, 3.8) is 0 Å². The molecule has 2 aromatic carbocycles. The summed E-state index contributed by atoms with van der Waals surface area (Å²) >= 11 is 0. The lowest BCUT2D eigenvalue weighted by atomic mass is 9.88. The summed E-state index contributed by atoms with van der Waals surface area (Å²) in [6, 6.07) is 24.6. The second-order valence-corrected chi connectivity index (χ2v) is 7.57. The van der Waals surface area contributed by atoms with Crippen LogP contribution in [0.15, 0.2) is 79.0 Å². The molecule has 0 saturated carbocycles. The predicted molar refractivity (Wildman–Crippen MR) is 117 cm³/mol. The summed E-state index contributed by atoms with van der Waals surface area (Å²) in [5.74, 6) is 1.12. The molecule has 1 fully saturated rings. The van der Waals surface area contributed by atoms with Gasteiger partial charge in [-0.15, -0.1) is 0 Å². The van der Waals surface area contributed by atoms with Crippen LogP contribution in [-0.2, 0) is 11.3 Å². The topological polar surface area (TPSA) is 45.2 Å². The van der Waals surface area contributed by atoms with Gasteiger partial charge in [0.05, 0.1) is 0 Å². The average molecular weight is 386 g/mol. The summed E-state index contributed by atoms with van der Waals surface area (Å²) in [5.41, 5.74) is 3.41. The standard InChI is InChI=1S/C25H27N3O/c29-25(27-19-20-13-14-26-24(17-20)28-15-7-8-16-28)18-23(21-9-3-1-4-10-21)22-11-5-2-6-12-22/h1-6,9-14,17,23H,7-8,15-16,18-19H2,(H,27,29). The smallest absolute Gasteiger partial charge is 0.221 e. The average Bonchev–Trinajstić information content (AvgIpc) is 3.33. The molecule has 0 spiro atoms. The summed E-state index contributed by atoms with van der Waals surface area (Å²) < 4.78 is 0. The van der Waals surface area contributed by atoms with Crippen LogP contribution >= 0.6 is 0 Å². The van der Waals surface area contributed by atoms with Crippen LogP contribution in [0.5, 0.6) is 0 Å². The molecular formula is C25H27N3O. The van der Waals surface area contributed by atoms with Gasteiger partial charge < -0.3 is 10.2 Å². The summed E-state index contributed by atoms with van der Waals surface area (Å²) in [6.07, 6.45) is 4.72. The van der Waals surface area contributed by atoms with E-state index in [1.165, 1.54) is 12.8 Å². The Hall–Kier alpha value is -3.14. The molecule has 4 nitrogen and oxygen atoms in total. The van der Waals surface area contributed by atoms with Crippen LogP contribution in [-0.4, -0.2) is 24.0 Å². The Labute approximate surface area is 172 Å². The highest BCUT2D eigenvalue weighted by Crippen LogP contribution is 2.27. The van der Waals surface area contributed by atoms with Gasteiger partial charge in [0.2, 0.25) is 5.91 Å². The van der Waals surface area contributed by atoms with Crippen LogP contribution in [0.4, 0.5) is 5.82 Å². The van der Waals surface area contributed by atoms with Crippen molar-refractivity contribution in [3.8, 4) is 0 Å². The van der Waals surface area contributed by atoms with Crippen molar-refractivity contribution < 1.29 is 4.79 Å². The van der Waals surface area contributed by atoms with Crippen molar-refractivity contribution in [1.29, 1.82) is 0 Å². The van der Waals surface area contributed by atoms with E-state index in [1.807, 2.05) is 48.7 Å². The first-order chi connectivity index (χ1) is 14.3. The Morgan fingerprint density at radius 3 is 2.17 bits per heavy atom. The number of carbonyl (C=O) groups is 1. The van der Waals surface area contributed by atoms with Gasteiger partial charge in [-0.2, -0.15) is 0 Å². The molecule has 1 aromatic heterocycles. The molecule has 29 heavy (non-hydrogen) atoms. The lowest BCUT2D eigenvalue weighted by Gasteiger charge is -2.19. The summed E-state index contributed by atoms with van der Waals surface area (Å²) in [7, 11) is 0. The zero-order valence-corrected chi connectivity index (χ0v) is 16.6. The summed E-state index contributed by atoms with van der Waals surface area (Å²) in [6.45, 7) is 2.66. The number of carbonyl (C=O) groups excluding carboxylic acids is 1. The maximum Gasteiger partial charge on any atom is 0.221 e. The number of aromatic nitrogens is 1. The number of anilines is 1. The highest BCUT2D eigenvalue weighted by atomic mass is 16.1. The molecule has 1 saturated heterocycles. The van der Waals surface area contributed by atoms with Crippen molar-refractivity contribution in [2.45, 2.75) is 31.7 Å². The SMILES string of the molecule is O=C(CC(c1ccccc1)c1ccccc1)NCc1ccnc(N2CCCC2)c1. The molecule has 3 aromatic rings. The van der Waals surface area contributed by atoms with Gasteiger partial charge in [0.1, 0.15) is 5.82 Å². The molecule has 1 aliphatic rings. The number of nitrogens with one attached hydrogen (secondary N) is 1. The third kappa shape index (κ3) is 5.02. The minimum absolute atomic E-state index is 0.0509. The van der Waals surface area contributed by atoms with E-state index in [1.54, 1.807) is 0 Å². The van der Waals surface area contributed by atoms with E-state index in [2.05, 4.69) is 45.5 Å². The molecule has 1 amide bonds. The highest BCUT2D eigenvalue weighted by molar-refractivity contribution is 5.77. The second kappa shape index (κ2) is 9.37. The van der Waals surface area contributed by atoms with E-state index in [-0.39, 0.29) is 11.8 Å². The van der Waals surface area contributed by atoms with Crippen molar-refractivity contribution in [3.05, 3.63) is 95.7 Å². The van der Waals surface area contributed by atoms with Gasteiger partial charge in [0.25, 0.3) is 0 Å². The molecule has 0 bridgehead atoms. The molecule has 4 heteroatoms. The molecule has 2 heterocycles.